The third-order valence-corrected chi connectivity index (χ3v) is 3.65. The lowest BCUT2D eigenvalue weighted by Crippen LogP contribution is -2.49. The van der Waals surface area contributed by atoms with E-state index in [0.29, 0.717) is 0 Å². The fourth-order valence-electron chi connectivity index (χ4n) is 2.35. The van der Waals surface area contributed by atoms with Gasteiger partial charge in [0.05, 0.1) is 12.0 Å². The molecule has 1 amide bonds. The molecule has 1 atom stereocenters. The first-order valence-electron chi connectivity index (χ1n) is 6.71. The number of carboxylic acids is 1. The van der Waals surface area contributed by atoms with Crippen LogP contribution in [0.15, 0.2) is 30.5 Å². The van der Waals surface area contributed by atoms with Crippen molar-refractivity contribution >= 4 is 22.8 Å². The van der Waals surface area contributed by atoms with Gasteiger partial charge in [-0.2, -0.15) is 0 Å². The first-order chi connectivity index (χ1) is 9.65. The summed E-state index contributed by atoms with van der Waals surface area (Å²) >= 11 is 0. The summed E-state index contributed by atoms with van der Waals surface area (Å²) in [4.78, 5) is 26.0. The highest BCUT2D eigenvalue weighted by Crippen LogP contribution is 2.29. The SMILES string of the molecule is O=C(N[C@@H](Cc1c[nH]c2ccccc12)C(=O)[O-])C1CC1. The number of carboxylic acid groups (broad SMARTS) is 1. The van der Waals surface area contributed by atoms with Gasteiger partial charge < -0.3 is 20.2 Å². The molecule has 1 aromatic carbocycles. The van der Waals surface area contributed by atoms with E-state index in [1.165, 1.54) is 0 Å². The molecule has 2 aromatic rings. The number of aromatic amines is 1. The van der Waals surface area contributed by atoms with E-state index < -0.39 is 12.0 Å². The van der Waals surface area contributed by atoms with Crippen molar-refractivity contribution < 1.29 is 14.7 Å². The summed E-state index contributed by atoms with van der Waals surface area (Å²) in [7, 11) is 0. The molecular weight excluding hydrogens is 256 g/mol. The Labute approximate surface area is 116 Å². The Morgan fingerprint density at radius 1 is 1.35 bits per heavy atom. The number of hydrogen-bond donors (Lipinski definition) is 2. The van der Waals surface area contributed by atoms with E-state index in [0.717, 1.165) is 29.3 Å². The molecule has 3 rings (SSSR count). The number of amides is 1. The second-order valence-corrected chi connectivity index (χ2v) is 5.22. The number of carbonyl (C=O) groups excluding carboxylic acids is 2. The number of para-hydroxylation sites is 1. The molecule has 1 aliphatic carbocycles. The van der Waals surface area contributed by atoms with Gasteiger partial charge in [0.15, 0.2) is 0 Å². The first-order valence-corrected chi connectivity index (χ1v) is 6.71. The molecule has 0 radical (unpaired) electrons. The van der Waals surface area contributed by atoms with Gasteiger partial charge in [0, 0.05) is 29.4 Å². The van der Waals surface area contributed by atoms with Crippen molar-refractivity contribution in [1.82, 2.24) is 10.3 Å². The van der Waals surface area contributed by atoms with E-state index in [1.807, 2.05) is 24.3 Å². The predicted octanol–water partition coefficient (Wildman–Crippen LogP) is 0.355. The molecule has 0 spiro atoms. The second-order valence-electron chi connectivity index (χ2n) is 5.22. The van der Waals surface area contributed by atoms with Gasteiger partial charge in [-0.05, 0) is 24.5 Å². The molecule has 1 heterocycles. The van der Waals surface area contributed by atoms with Crippen LogP contribution >= 0.6 is 0 Å². The van der Waals surface area contributed by atoms with Gasteiger partial charge in [0.2, 0.25) is 5.91 Å². The fraction of sp³-hybridized carbons (Fsp3) is 0.333. The lowest BCUT2D eigenvalue weighted by atomic mass is 10.0. The van der Waals surface area contributed by atoms with E-state index in [-0.39, 0.29) is 18.2 Å². The van der Waals surface area contributed by atoms with Crippen LogP contribution in [0.3, 0.4) is 0 Å². The average molecular weight is 271 g/mol. The molecule has 2 N–H and O–H groups in total. The minimum atomic E-state index is -1.25. The van der Waals surface area contributed by atoms with Crippen LogP contribution in [0.4, 0.5) is 0 Å². The molecule has 20 heavy (non-hydrogen) atoms. The summed E-state index contributed by atoms with van der Waals surface area (Å²) in [5.41, 5.74) is 1.82. The average Bonchev–Trinajstić information content (AvgIpc) is 3.21. The summed E-state index contributed by atoms with van der Waals surface area (Å²) in [5, 5.41) is 14.7. The van der Waals surface area contributed by atoms with Crippen LogP contribution in [0.1, 0.15) is 18.4 Å². The zero-order valence-electron chi connectivity index (χ0n) is 10.9. The zero-order valence-corrected chi connectivity index (χ0v) is 10.9. The molecule has 1 fully saturated rings. The minimum Gasteiger partial charge on any atom is -0.548 e. The predicted molar refractivity (Wildman–Crippen MR) is 71.7 cm³/mol. The van der Waals surface area contributed by atoms with Gasteiger partial charge in [0.25, 0.3) is 0 Å². The van der Waals surface area contributed by atoms with Crippen molar-refractivity contribution in [2.45, 2.75) is 25.3 Å². The number of aromatic nitrogens is 1. The summed E-state index contributed by atoms with van der Waals surface area (Å²) in [5.74, 6) is -1.44. The zero-order chi connectivity index (χ0) is 14.1. The second kappa shape index (κ2) is 5.00. The van der Waals surface area contributed by atoms with E-state index in [9.17, 15) is 14.7 Å². The van der Waals surface area contributed by atoms with Crippen molar-refractivity contribution in [3.8, 4) is 0 Å². The maximum absolute atomic E-state index is 11.7. The third-order valence-electron chi connectivity index (χ3n) is 3.65. The Kier molecular flexibility index (Phi) is 3.18. The van der Waals surface area contributed by atoms with Crippen LogP contribution in [0.2, 0.25) is 0 Å². The van der Waals surface area contributed by atoms with E-state index >= 15 is 0 Å². The number of carbonyl (C=O) groups is 2. The molecule has 0 unspecified atom stereocenters. The van der Waals surface area contributed by atoms with Crippen LogP contribution in [-0.4, -0.2) is 22.9 Å². The summed E-state index contributed by atoms with van der Waals surface area (Å²) in [6, 6.07) is 6.68. The molecule has 104 valence electrons. The first kappa shape index (κ1) is 12.7. The van der Waals surface area contributed by atoms with Gasteiger partial charge in [-0.15, -0.1) is 0 Å². The molecule has 1 aromatic heterocycles. The van der Waals surface area contributed by atoms with Crippen molar-refractivity contribution in [1.29, 1.82) is 0 Å². The Bertz CT molecular complexity index is 658. The topological polar surface area (TPSA) is 85.0 Å². The number of hydrogen-bond acceptors (Lipinski definition) is 3. The molecule has 0 saturated heterocycles. The number of nitrogens with one attached hydrogen (secondary N) is 2. The third kappa shape index (κ3) is 2.52. The number of rotatable bonds is 5. The smallest absolute Gasteiger partial charge is 0.223 e. The molecule has 1 saturated carbocycles. The van der Waals surface area contributed by atoms with Crippen molar-refractivity contribution in [3.05, 3.63) is 36.0 Å². The number of fused-ring (bicyclic) bond motifs is 1. The molecule has 5 nitrogen and oxygen atoms in total. The number of benzene rings is 1. The van der Waals surface area contributed by atoms with Gasteiger partial charge in [0.1, 0.15) is 0 Å². The summed E-state index contributed by atoms with van der Waals surface area (Å²) in [6.45, 7) is 0. The van der Waals surface area contributed by atoms with Crippen LogP contribution in [0.5, 0.6) is 0 Å². The fourth-order valence-corrected chi connectivity index (χ4v) is 2.35. The van der Waals surface area contributed by atoms with E-state index in [1.54, 1.807) is 6.20 Å². The van der Waals surface area contributed by atoms with Gasteiger partial charge in [-0.3, -0.25) is 4.79 Å². The summed E-state index contributed by atoms with van der Waals surface area (Å²) in [6.07, 6.45) is 3.70. The summed E-state index contributed by atoms with van der Waals surface area (Å²) < 4.78 is 0. The highest BCUT2D eigenvalue weighted by Gasteiger charge is 2.31. The van der Waals surface area contributed by atoms with Gasteiger partial charge in [-0.25, -0.2) is 0 Å². The maximum atomic E-state index is 11.7. The number of H-pyrrole nitrogens is 1. The van der Waals surface area contributed by atoms with Crippen LogP contribution in [0, 0.1) is 5.92 Å². The van der Waals surface area contributed by atoms with Crippen LogP contribution in [0.25, 0.3) is 10.9 Å². The van der Waals surface area contributed by atoms with Crippen molar-refractivity contribution in [3.63, 3.8) is 0 Å². The Balaban J connectivity index is 1.78. The molecule has 0 bridgehead atoms. The lowest BCUT2D eigenvalue weighted by Gasteiger charge is -2.19. The lowest BCUT2D eigenvalue weighted by molar-refractivity contribution is -0.308. The largest absolute Gasteiger partial charge is 0.548 e. The van der Waals surface area contributed by atoms with Crippen LogP contribution < -0.4 is 10.4 Å². The Morgan fingerprint density at radius 2 is 2.10 bits per heavy atom. The monoisotopic (exact) mass is 271 g/mol. The van der Waals surface area contributed by atoms with E-state index in [2.05, 4.69) is 10.3 Å². The standard InChI is InChI=1S/C15H16N2O3/c18-14(9-5-6-9)17-13(15(19)20)7-10-8-16-12-4-2-1-3-11(10)12/h1-4,8-9,13,16H,5-7H2,(H,17,18)(H,19,20)/p-1/t13-/m0/s1. The number of aliphatic carboxylic acids is 1. The minimum absolute atomic E-state index is 0.0141. The molecular formula is C15H15N2O3-. The highest BCUT2D eigenvalue weighted by molar-refractivity contribution is 5.87. The quantitative estimate of drug-likeness (QED) is 0.823. The Hall–Kier alpha value is -2.30. The molecule has 1 aliphatic rings. The maximum Gasteiger partial charge on any atom is 0.223 e. The molecule has 0 aliphatic heterocycles. The van der Waals surface area contributed by atoms with Crippen LogP contribution in [-0.2, 0) is 16.0 Å². The highest BCUT2D eigenvalue weighted by atomic mass is 16.4. The Morgan fingerprint density at radius 3 is 2.80 bits per heavy atom. The van der Waals surface area contributed by atoms with Crippen molar-refractivity contribution in [2.75, 3.05) is 0 Å². The molecule has 5 heteroatoms. The van der Waals surface area contributed by atoms with Gasteiger partial charge >= 0.3 is 0 Å². The van der Waals surface area contributed by atoms with Crippen molar-refractivity contribution in [2.24, 2.45) is 5.92 Å². The normalized spacial score (nSPS) is 16.0. The van der Waals surface area contributed by atoms with E-state index in [4.69, 9.17) is 0 Å². The van der Waals surface area contributed by atoms with Gasteiger partial charge in [-0.1, -0.05) is 18.2 Å².